The first-order valence-electron chi connectivity index (χ1n) is 13.4. The highest BCUT2D eigenvalue weighted by molar-refractivity contribution is 5.98. The van der Waals surface area contributed by atoms with Gasteiger partial charge in [-0.2, -0.15) is 0 Å². The molecule has 2 aliphatic heterocycles. The first kappa shape index (κ1) is 27.2. The minimum atomic E-state index is -0.431. The molecule has 2 aromatic rings. The van der Waals surface area contributed by atoms with E-state index in [0.29, 0.717) is 42.9 Å². The maximum absolute atomic E-state index is 13.5. The van der Waals surface area contributed by atoms with Crippen molar-refractivity contribution in [2.24, 2.45) is 10.7 Å². The molecule has 1 unspecified atom stereocenters. The summed E-state index contributed by atoms with van der Waals surface area (Å²) in [7, 11) is 0. The average molecular weight is 519 g/mol. The van der Waals surface area contributed by atoms with Gasteiger partial charge in [-0.05, 0) is 63.1 Å². The van der Waals surface area contributed by atoms with Crippen LogP contribution in [0.5, 0.6) is 11.5 Å². The van der Waals surface area contributed by atoms with E-state index < -0.39 is 5.60 Å². The van der Waals surface area contributed by atoms with Gasteiger partial charge in [-0.1, -0.05) is 31.6 Å². The number of aliphatic imine (C=N–C) groups is 1. The fourth-order valence-electron chi connectivity index (χ4n) is 4.83. The lowest BCUT2D eigenvalue weighted by molar-refractivity contribution is -0.128. The summed E-state index contributed by atoms with van der Waals surface area (Å²) in [4.78, 5) is 31.6. The van der Waals surface area contributed by atoms with Crippen LogP contribution in [0.25, 0.3) is 6.08 Å². The molecule has 8 heteroatoms. The molecule has 0 saturated heterocycles. The molecule has 0 aliphatic carbocycles. The van der Waals surface area contributed by atoms with E-state index >= 15 is 0 Å². The number of carbonyl (C=O) groups excluding carboxylic acids is 2. The van der Waals surface area contributed by atoms with Gasteiger partial charge in [0.1, 0.15) is 17.1 Å². The summed E-state index contributed by atoms with van der Waals surface area (Å²) < 4.78 is 12.0. The highest BCUT2D eigenvalue weighted by Gasteiger charge is 2.35. The third-order valence-corrected chi connectivity index (χ3v) is 6.69. The van der Waals surface area contributed by atoms with Gasteiger partial charge < -0.3 is 20.5 Å². The number of fused-ring (bicyclic) bond motifs is 1. The highest BCUT2D eigenvalue weighted by atomic mass is 16.5. The van der Waals surface area contributed by atoms with Crippen LogP contribution in [-0.2, 0) is 11.3 Å². The van der Waals surface area contributed by atoms with E-state index in [-0.39, 0.29) is 30.4 Å². The Balaban J connectivity index is 1.60. The molecule has 2 aliphatic rings. The van der Waals surface area contributed by atoms with E-state index in [4.69, 9.17) is 15.2 Å². The number of benzene rings is 2. The third-order valence-electron chi connectivity index (χ3n) is 6.69. The number of guanidine groups is 1. The molecule has 2 amide bonds. The first-order chi connectivity index (χ1) is 18.2. The number of nitrogens with one attached hydrogen (secondary N) is 1. The number of unbranched alkanes of at least 4 members (excludes halogenated alkanes) is 1. The fourth-order valence-corrected chi connectivity index (χ4v) is 4.83. The Bertz CT molecular complexity index is 1250. The number of hydrogen-bond donors (Lipinski definition) is 2. The lowest BCUT2D eigenvalue weighted by Crippen LogP contribution is -2.44. The Morgan fingerprint density at radius 3 is 2.82 bits per heavy atom. The zero-order valence-corrected chi connectivity index (χ0v) is 22.8. The second-order valence-corrected chi connectivity index (χ2v) is 10.3. The van der Waals surface area contributed by atoms with Gasteiger partial charge in [0.15, 0.2) is 5.96 Å². The van der Waals surface area contributed by atoms with Gasteiger partial charge in [0.25, 0.3) is 5.91 Å². The minimum absolute atomic E-state index is 0.0976. The van der Waals surface area contributed by atoms with Crippen LogP contribution < -0.4 is 20.5 Å². The SMILES string of the molecule is CCC/C=C\c1ccc2c(c1)C(NC(=O)c1ccc(OCC)c(CN3C(=O)CCN=C3N)c1)CC(C)(C)O2. The summed E-state index contributed by atoms with van der Waals surface area (Å²) in [6, 6.07) is 11.2. The van der Waals surface area contributed by atoms with Crippen molar-refractivity contribution in [3.05, 3.63) is 64.7 Å². The van der Waals surface area contributed by atoms with Crippen molar-refractivity contribution >= 4 is 23.8 Å². The van der Waals surface area contributed by atoms with Gasteiger partial charge in [-0.25, -0.2) is 0 Å². The Labute approximate surface area is 224 Å². The van der Waals surface area contributed by atoms with Gasteiger partial charge in [-0.15, -0.1) is 0 Å². The number of amides is 2. The molecule has 4 rings (SSSR count). The number of nitrogens with zero attached hydrogens (tertiary/aromatic N) is 2. The Kier molecular flexibility index (Phi) is 8.39. The molecular weight excluding hydrogens is 480 g/mol. The summed E-state index contributed by atoms with van der Waals surface area (Å²) in [6.45, 7) is 9.13. The summed E-state index contributed by atoms with van der Waals surface area (Å²) in [5.74, 6) is 1.27. The summed E-state index contributed by atoms with van der Waals surface area (Å²) >= 11 is 0. The normalized spacial score (nSPS) is 18.5. The van der Waals surface area contributed by atoms with E-state index in [1.807, 2.05) is 32.9 Å². The maximum atomic E-state index is 13.5. The van der Waals surface area contributed by atoms with Crippen molar-refractivity contribution in [3.63, 3.8) is 0 Å². The average Bonchev–Trinajstić information content (AvgIpc) is 2.87. The minimum Gasteiger partial charge on any atom is -0.494 e. The number of allylic oxidation sites excluding steroid dienone is 1. The monoisotopic (exact) mass is 518 g/mol. The van der Waals surface area contributed by atoms with E-state index in [1.54, 1.807) is 18.2 Å². The number of rotatable bonds is 9. The first-order valence-corrected chi connectivity index (χ1v) is 13.4. The Hall–Kier alpha value is -3.81. The zero-order valence-electron chi connectivity index (χ0n) is 22.8. The highest BCUT2D eigenvalue weighted by Crippen LogP contribution is 2.40. The quantitative estimate of drug-likeness (QED) is 0.487. The van der Waals surface area contributed by atoms with Crippen LogP contribution in [0.3, 0.4) is 0 Å². The Morgan fingerprint density at radius 1 is 1.26 bits per heavy atom. The van der Waals surface area contributed by atoms with E-state index in [1.165, 1.54) is 4.90 Å². The lowest BCUT2D eigenvalue weighted by Gasteiger charge is -2.38. The van der Waals surface area contributed by atoms with Crippen molar-refractivity contribution < 1.29 is 19.1 Å². The molecular formula is C30H38N4O4. The molecule has 0 fully saturated rings. The molecule has 0 spiro atoms. The van der Waals surface area contributed by atoms with Crippen LogP contribution in [0.4, 0.5) is 0 Å². The van der Waals surface area contributed by atoms with Crippen LogP contribution in [0, 0.1) is 0 Å². The topological polar surface area (TPSA) is 106 Å². The second kappa shape index (κ2) is 11.7. The second-order valence-electron chi connectivity index (χ2n) is 10.3. The van der Waals surface area contributed by atoms with Crippen LogP contribution in [0.1, 0.15) is 86.5 Å². The van der Waals surface area contributed by atoms with E-state index in [2.05, 4.69) is 35.5 Å². The van der Waals surface area contributed by atoms with Gasteiger partial charge >= 0.3 is 0 Å². The molecule has 1 atom stereocenters. The van der Waals surface area contributed by atoms with Crippen molar-refractivity contribution in [3.8, 4) is 11.5 Å². The number of nitrogens with two attached hydrogens (primary N) is 1. The van der Waals surface area contributed by atoms with Crippen molar-refractivity contribution in [2.45, 2.75) is 71.6 Å². The predicted octanol–water partition coefficient (Wildman–Crippen LogP) is 4.98. The zero-order chi connectivity index (χ0) is 27.3. The summed E-state index contributed by atoms with van der Waals surface area (Å²) in [5.41, 5.74) is 8.79. The number of hydrogen-bond acceptors (Lipinski definition) is 6. The van der Waals surface area contributed by atoms with Crippen LogP contribution in [-0.4, -0.2) is 41.4 Å². The lowest BCUT2D eigenvalue weighted by atomic mass is 9.88. The summed E-state index contributed by atoms with van der Waals surface area (Å²) in [6.07, 6.45) is 7.31. The molecule has 8 nitrogen and oxygen atoms in total. The Morgan fingerprint density at radius 2 is 2.08 bits per heavy atom. The van der Waals surface area contributed by atoms with Crippen molar-refractivity contribution in [1.29, 1.82) is 0 Å². The molecule has 0 radical (unpaired) electrons. The van der Waals surface area contributed by atoms with Crippen molar-refractivity contribution in [1.82, 2.24) is 10.2 Å². The van der Waals surface area contributed by atoms with Crippen LogP contribution >= 0.6 is 0 Å². The van der Waals surface area contributed by atoms with Gasteiger partial charge in [-0.3, -0.25) is 19.5 Å². The predicted molar refractivity (Wildman–Crippen MR) is 149 cm³/mol. The largest absolute Gasteiger partial charge is 0.494 e. The fraction of sp³-hybridized carbons (Fsp3) is 0.433. The van der Waals surface area contributed by atoms with Crippen LogP contribution in [0.2, 0.25) is 0 Å². The van der Waals surface area contributed by atoms with Crippen molar-refractivity contribution in [2.75, 3.05) is 13.2 Å². The molecule has 3 N–H and O–H groups in total. The van der Waals surface area contributed by atoms with E-state index in [9.17, 15) is 9.59 Å². The van der Waals surface area contributed by atoms with E-state index in [0.717, 1.165) is 29.7 Å². The molecule has 202 valence electrons. The van der Waals surface area contributed by atoms with Gasteiger partial charge in [0.05, 0.1) is 25.7 Å². The smallest absolute Gasteiger partial charge is 0.251 e. The molecule has 0 aromatic heterocycles. The molecule has 2 aromatic carbocycles. The molecule has 38 heavy (non-hydrogen) atoms. The summed E-state index contributed by atoms with van der Waals surface area (Å²) in [5, 5.41) is 3.23. The third kappa shape index (κ3) is 6.36. The van der Waals surface area contributed by atoms with Gasteiger partial charge in [0, 0.05) is 29.5 Å². The maximum Gasteiger partial charge on any atom is 0.251 e. The number of carbonyl (C=O) groups is 2. The van der Waals surface area contributed by atoms with Crippen LogP contribution in [0.15, 0.2) is 47.5 Å². The molecule has 0 bridgehead atoms. The van der Waals surface area contributed by atoms with Gasteiger partial charge in [0.2, 0.25) is 5.91 Å². The standard InChI is InChI=1S/C30H38N4O4/c1-5-7-8-9-20-10-12-26-23(16-20)24(18-30(3,4)38-26)33-28(36)21-11-13-25(37-6-2)22(17-21)19-34-27(35)14-15-32-29(34)31/h8-13,16-17,24H,5-7,14-15,18-19H2,1-4H3,(H2,31,32)(H,33,36)/b9-8-. The molecule has 2 heterocycles. The number of ether oxygens (including phenoxy) is 2. The molecule has 0 saturated carbocycles.